The molecule has 0 aliphatic heterocycles. The fraction of sp³-hybridized carbons (Fsp3) is 0.588. The van der Waals surface area contributed by atoms with Crippen molar-refractivity contribution in [3.8, 4) is 5.75 Å². The van der Waals surface area contributed by atoms with Crippen LogP contribution in [-0.2, 0) is 17.6 Å². The Hall–Kier alpha value is -1.51. The van der Waals surface area contributed by atoms with Crippen LogP contribution in [-0.4, -0.2) is 18.2 Å². The molecule has 0 amide bonds. The Kier molecular flexibility index (Phi) is 5.05. The molecule has 0 atom stereocenters. The normalized spacial score (nSPS) is 16.1. The molecule has 0 spiro atoms. The summed E-state index contributed by atoms with van der Waals surface area (Å²) in [6, 6.07) is 4.04. The monoisotopic (exact) mass is 276 g/mol. The summed E-state index contributed by atoms with van der Waals surface area (Å²) >= 11 is 0. The lowest BCUT2D eigenvalue weighted by Crippen LogP contribution is -2.10. The molecule has 1 fully saturated rings. The van der Waals surface area contributed by atoms with E-state index in [2.05, 4.69) is 13.0 Å². The van der Waals surface area contributed by atoms with E-state index in [-0.39, 0.29) is 6.42 Å². The summed E-state index contributed by atoms with van der Waals surface area (Å²) in [6.45, 7) is 2.09. The smallest absolute Gasteiger partial charge is 0.307 e. The van der Waals surface area contributed by atoms with Crippen molar-refractivity contribution in [2.24, 2.45) is 0 Å². The molecule has 110 valence electrons. The lowest BCUT2D eigenvalue weighted by Gasteiger charge is -2.25. The van der Waals surface area contributed by atoms with Crippen LogP contribution in [0.25, 0.3) is 0 Å². The summed E-state index contributed by atoms with van der Waals surface area (Å²) in [4.78, 5) is 11.0. The zero-order valence-corrected chi connectivity index (χ0v) is 12.4. The molecule has 1 aliphatic rings. The van der Waals surface area contributed by atoms with Crippen molar-refractivity contribution in [2.75, 3.05) is 7.11 Å². The highest BCUT2D eigenvalue weighted by atomic mass is 16.5. The van der Waals surface area contributed by atoms with Crippen molar-refractivity contribution in [3.63, 3.8) is 0 Å². The first-order valence-corrected chi connectivity index (χ1v) is 7.57. The molecule has 20 heavy (non-hydrogen) atoms. The van der Waals surface area contributed by atoms with Gasteiger partial charge in [0.25, 0.3) is 0 Å². The lowest BCUT2D eigenvalue weighted by molar-refractivity contribution is -0.136. The Morgan fingerprint density at radius 1 is 1.30 bits per heavy atom. The molecular formula is C17H24O3. The number of carboxylic acid groups (broad SMARTS) is 1. The molecule has 0 unspecified atom stereocenters. The van der Waals surface area contributed by atoms with Crippen molar-refractivity contribution in [1.29, 1.82) is 0 Å². The molecule has 3 heteroatoms. The van der Waals surface area contributed by atoms with E-state index in [0.29, 0.717) is 5.92 Å². The molecule has 0 bridgehead atoms. The Bertz CT molecular complexity index is 473. The molecule has 0 aromatic heterocycles. The van der Waals surface area contributed by atoms with Crippen molar-refractivity contribution < 1.29 is 14.6 Å². The van der Waals surface area contributed by atoms with Gasteiger partial charge in [-0.05, 0) is 41.9 Å². The number of carbonyl (C=O) groups is 1. The van der Waals surface area contributed by atoms with E-state index in [0.717, 1.165) is 23.3 Å². The van der Waals surface area contributed by atoms with Crippen LogP contribution in [0.5, 0.6) is 5.75 Å². The number of benzene rings is 1. The quantitative estimate of drug-likeness (QED) is 0.886. The Morgan fingerprint density at radius 2 is 2.00 bits per heavy atom. The third kappa shape index (κ3) is 3.33. The van der Waals surface area contributed by atoms with E-state index in [1.807, 2.05) is 6.07 Å². The van der Waals surface area contributed by atoms with Crippen molar-refractivity contribution in [3.05, 3.63) is 28.8 Å². The number of methoxy groups -OCH3 is 1. The van der Waals surface area contributed by atoms with Gasteiger partial charge >= 0.3 is 5.97 Å². The lowest BCUT2D eigenvalue weighted by atomic mass is 9.82. The molecule has 0 saturated heterocycles. The van der Waals surface area contributed by atoms with Crippen molar-refractivity contribution in [1.82, 2.24) is 0 Å². The second kappa shape index (κ2) is 6.78. The molecule has 0 heterocycles. The highest BCUT2D eigenvalue weighted by molar-refractivity contribution is 5.70. The Morgan fingerprint density at radius 3 is 2.55 bits per heavy atom. The number of rotatable bonds is 5. The summed E-state index contributed by atoms with van der Waals surface area (Å²) in [5, 5.41) is 9.03. The van der Waals surface area contributed by atoms with Gasteiger partial charge < -0.3 is 9.84 Å². The maximum Gasteiger partial charge on any atom is 0.307 e. The van der Waals surface area contributed by atoms with Gasteiger partial charge in [-0.3, -0.25) is 4.79 Å². The number of ether oxygens (including phenoxy) is 1. The average Bonchev–Trinajstić information content (AvgIpc) is 2.46. The fourth-order valence-electron chi connectivity index (χ4n) is 3.29. The van der Waals surface area contributed by atoms with Crippen LogP contribution >= 0.6 is 0 Å². The van der Waals surface area contributed by atoms with Gasteiger partial charge in [-0.1, -0.05) is 38.3 Å². The molecule has 1 aliphatic carbocycles. The van der Waals surface area contributed by atoms with Gasteiger partial charge in [-0.25, -0.2) is 0 Å². The minimum atomic E-state index is -0.771. The van der Waals surface area contributed by atoms with Gasteiger partial charge in [0.15, 0.2) is 0 Å². The van der Waals surface area contributed by atoms with E-state index < -0.39 is 5.97 Å². The van der Waals surface area contributed by atoms with E-state index in [1.165, 1.54) is 37.7 Å². The number of carboxylic acids is 1. The number of hydrogen-bond donors (Lipinski definition) is 1. The predicted octanol–water partition coefficient (Wildman–Crippen LogP) is 3.93. The van der Waals surface area contributed by atoms with Gasteiger partial charge in [0.1, 0.15) is 5.75 Å². The standard InChI is InChI=1S/C17H24O3/c1-3-13-9-12(11-16(18)19)10-15(17(13)20-2)14-7-5-4-6-8-14/h9-10,14H,3-8,11H2,1-2H3,(H,18,19). The van der Waals surface area contributed by atoms with Crippen LogP contribution in [0.3, 0.4) is 0 Å². The Labute approximate surface area is 121 Å². The number of hydrogen-bond acceptors (Lipinski definition) is 2. The summed E-state index contributed by atoms with van der Waals surface area (Å²) in [6.07, 6.45) is 7.18. The van der Waals surface area contributed by atoms with Crippen LogP contribution in [0.15, 0.2) is 12.1 Å². The predicted molar refractivity (Wildman–Crippen MR) is 79.5 cm³/mol. The van der Waals surface area contributed by atoms with Crippen molar-refractivity contribution in [2.45, 2.75) is 57.8 Å². The molecule has 2 rings (SSSR count). The number of aryl methyl sites for hydroxylation is 1. The van der Waals surface area contributed by atoms with E-state index in [1.54, 1.807) is 7.11 Å². The first kappa shape index (κ1) is 14.9. The summed E-state index contributed by atoms with van der Waals surface area (Å²) < 4.78 is 5.63. The number of aliphatic carboxylic acids is 1. The SMILES string of the molecule is CCc1cc(CC(=O)O)cc(C2CCCCC2)c1OC. The van der Waals surface area contributed by atoms with Gasteiger partial charge in [0, 0.05) is 0 Å². The zero-order valence-electron chi connectivity index (χ0n) is 12.4. The molecule has 1 N–H and O–H groups in total. The molecule has 1 aromatic carbocycles. The Balaban J connectivity index is 2.41. The average molecular weight is 276 g/mol. The summed E-state index contributed by atoms with van der Waals surface area (Å²) in [7, 11) is 1.72. The molecule has 1 saturated carbocycles. The molecule has 3 nitrogen and oxygen atoms in total. The van der Waals surface area contributed by atoms with Crippen LogP contribution in [0.1, 0.15) is 61.6 Å². The highest BCUT2D eigenvalue weighted by Gasteiger charge is 2.22. The summed E-state index contributed by atoms with van der Waals surface area (Å²) in [5.41, 5.74) is 3.25. The van der Waals surface area contributed by atoms with Crippen molar-refractivity contribution >= 4 is 5.97 Å². The van der Waals surface area contributed by atoms with Crippen LogP contribution in [0, 0.1) is 0 Å². The fourth-order valence-corrected chi connectivity index (χ4v) is 3.29. The molecular weight excluding hydrogens is 252 g/mol. The molecule has 1 aromatic rings. The largest absolute Gasteiger partial charge is 0.496 e. The second-order valence-corrected chi connectivity index (χ2v) is 5.64. The van der Waals surface area contributed by atoms with E-state index in [4.69, 9.17) is 9.84 Å². The van der Waals surface area contributed by atoms with Crippen LogP contribution < -0.4 is 4.74 Å². The minimum absolute atomic E-state index is 0.0940. The van der Waals surface area contributed by atoms with Crippen LogP contribution in [0.4, 0.5) is 0 Å². The first-order valence-electron chi connectivity index (χ1n) is 7.57. The molecule has 0 radical (unpaired) electrons. The minimum Gasteiger partial charge on any atom is -0.496 e. The van der Waals surface area contributed by atoms with Gasteiger partial charge in [-0.2, -0.15) is 0 Å². The van der Waals surface area contributed by atoms with Gasteiger partial charge in [0.2, 0.25) is 0 Å². The maximum atomic E-state index is 11.0. The topological polar surface area (TPSA) is 46.5 Å². The second-order valence-electron chi connectivity index (χ2n) is 5.64. The van der Waals surface area contributed by atoms with E-state index >= 15 is 0 Å². The maximum absolute atomic E-state index is 11.0. The van der Waals surface area contributed by atoms with E-state index in [9.17, 15) is 4.79 Å². The van der Waals surface area contributed by atoms with Crippen LogP contribution in [0.2, 0.25) is 0 Å². The zero-order chi connectivity index (χ0) is 14.5. The first-order chi connectivity index (χ1) is 9.65. The van der Waals surface area contributed by atoms with Gasteiger partial charge in [0.05, 0.1) is 13.5 Å². The van der Waals surface area contributed by atoms with Gasteiger partial charge in [-0.15, -0.1) is 0 Å². The third-order valence-corrected chi connectivity index (χ3v) is 4.24. The third-order valence-electron chi connectivity index (χ3n) is 4.24. The summed E-state index contributed by atoms with van der Waals surface area (Å²) in [5.74, 6) is 0.734. The highest BCUT2D eigenvalue weighted by Crippen LogP contribution is 2.40.